The normalized spacial score (nSPS) is 13.4. The molecule has 12 heteroatoms. The fourth-order valence-corrected chi connectivity index (χ4v) is 6.01. The molecule has 0 saturated heterocycles. The van der Waals surface area contributed by atoms with Crippen molar-refractivity contribution in [2.24, 2.45) is 0 Å². The summed E-state index contributed by atoms with van der Waals surface area (Å²) in [4.78, 5) is 28.4. The molecule has 0 aliphatic carbocycles. The number of ether oxygens (including phenoxy) is 2. The molecule has 0 aromatic heterocycles. The van der Waals surface area contributed by atoms with Crippen LogP contribution in [0.4, 0.5) is 5.69 Å². The van der Waals surface area contributed by atoms with Crippen molar-refractivity contribution in [3.63, 3.8) is 0 Å². The van der Waals surface area contributed by atoms with Crippen LogP contribution in [0, 0.1) is 0 Å². The number of fused-ring (bicyclic) bond motifs is 1. The maximum absolute atomic E-state index is 14.0. The molecule has 1 atom stereocenters. The second-order valence-electron chi connectivity index (χ2n) is 9.76. The van der Waals surface area contributed by atoms with Crippen LogP contribution in [0.2, 0.25) is 10.0 Å². The minimum atomic E-state index is -4.21. The fourth-order valence-electron chi connectivity index (χ4n) is 4.26. The smallest absolute Gasteiger partial charge is 0.264 e. The van der Waals surface area contributed by atoms with Gasteiger partial charge < -0.3 is 19.7 Å². The van der Waals surface area contributed by atoms with Gasteiger partial charge in [-0.2, -0.15) is 0 Å². The number of nitrogens with zero attached hydrogens (tertiary/aromatic N) is 2. The molecule has 1 aliphatic heterocycles. The van der Waals surface area contributed by atoms with Crippen molar-refractivity contribution in [3.05, 3.63) is 82.3 Å². The molecule has 0 radical (unpaired) electrons. The minimum Gasteiger partial charge on any atom is -0.486 e. The molecule has 0 fully saturated rings. The molecule has 9 nitrogen and oxygen atoms in total. The third-order valence-corrected chi connectivity index (χ3v) is 8.89. The Kier molecular flexibility index (Phi) is 9.68. The lowest BCUT2D eigenvalue weighted by molar-refractivity contribution is -0.139. The van der Waals surface area contributed by atoms with Crippen molar-refractivity contribution in [3.8, 4) is 11.5 Å². The third-order valence-electron chi connectivity index (χ3n) is 6.36. The van der Waals surface area contributed by atoms with E-state index in [-0.39, 0.29) is 29.1 Å². The van der Waals surface area contributed by atoms with E-state index in [0.717, 1.165) is 4.31 Å². The summed E-state index contributed by atoms with van der Waals surface area (Å²) in [5, 5.41) is 3.45. The summed E-state index contributed by atoms with van der Waals surface area (Å²) in [5.41, 5.74) is 0.828. The maximum atomic E-state index is 14.0. The highest BCUT2D eigenvalue weighted by molar-refractivity contribution is 7.92. The number of halogens is 2. The average Bonchev–Trinajstić information content (AvgIpc) is 2.95. The first-order valence-corrected chi connectivity index (χ1v) is 15.2. The van der Waals surface area contributed by atoms with Gasteiger partial charge in [-0.25, -0.2) is 8.42 Å². The molecule has 1 heterocycles. The molecule has 3 aromatic rings. The molecule has 1 unspecified atom stereocenters. The van der Waals surface area contributed by atoms with Crippen LogP contribution in [-0.4, -0.2) is 57.0 Å². The van der Waals surface area contributed by atoms with Crippen molar-refractivity contribution in [2.75, 3.05) is 24.1 Å². The highest BCUT2D eigenvalue weighted by Crippen LogP contribution is 2.36. The molecule has 41 heavy (non-hydrogen) atoms. The highest BCUT2D eigenvalue weighted by atomic mass is 35.5. The summed E-state index contributed by atoms with van der Waals surface area (Å²) in [5.74, 6) is -0.141. The van der Waals surface area contributed by atoms with Gasteiger partial charge in [0.15, 0.2) is 11.5 Å². The van der Waals surface area contributed by atoms with Crippen LogP contribution in [-0.2, 0) is 26.2 Å². The zero-order valence-electron chi connectivity index (χ0n) is 22.8. The van der Waals surface area contributed by atoms with Gasteiger partial charge >= 0.3 is 0 Å². The van der Waals surface area contributed by atoms with E-state index < -0.39 is 28.5 Å². The lowest BCUT2D eigenvalue weighted by Crippen LogP contribution is -2.52. The number of benzene rings is 3. The Balaban J connectivity index is 1.74. The maximum Gasteiger partial charge on any atom is 0.264 e. The summed E-state index contributed by atoms with van der Waals surface area (Å²) in [6.45, 7) is 5.29. The van der Waals surface area contributed by atoms with Crippen LogP contribution in [0.3, 0.4) is 0 Å². The molecule has 1 aliphatic rings. The van der Waals surface area contributed by atoms with Crippen LogP contribution < -0.4 is 19.1 Å². The molecule has 0 saturated carbocycles. The molecular weight excluding hydrogens is 589 g/mol. The molecular formula is C29H31Cl2N3O6S. The quantitative estimate of drug-likeness (QED) is 0.346. The van der Waals surface area contributed by atoms with Crippen molar-refractivity contribution >= 4 is 50.7 Å². The van der Waals surface area contributed by atoms with Gasteiger partial charge in [0, 0.05) is 18.7 Å². The van der Waals surface area contributed by atoms with Crippen molar-refractivity contribution in [1.82, 2.24) is 10.2 Å². The van der Waals surface area contributed by atoms with Gasteiger partial charge in [0.2, 0.25) is 11.8 Å². The highest BCUT2D eigenvalue weighted by Gasteiger charge is 2.33. The van der Waals surface area contributed by atoms with Gasteiger partial charge in [-0.1, -0.05) is 47.5 Å². The first-order chi connectivity index (χ1) is 19.5. The number of carbonyl (C=O) groups excluding carboxylic acids is 2. The van der Waals surface area contributed by atoms with E-state index in [2.05, 4.69) is 5.32 Å². The van der Waals surface area contributed by atoms with E-state index in [1.54, 1.807) is 55.5 Å². The SMILES string of the molecule is CC(C)NC(=O)C(C)N(Cc1ccc(Cl)c(Cl)c1)C(=O)CN(c1ccc2c(c1)OCCO2)S(=O)(=O)c1ccccc1. The molecule has 3 aromatic carbocycles. The van der Waals surface area contributed by atoms with Crippen molar-refractivity contribution in [1.29, 1.82) is 0 Å². The fraction of sp³-hybridized carbons (Fsp3) is 0.310. The predicted molar refractivity (Wildman–Crippen MR) is 158 cm³/mol. The van der Waals surface area contributed by atoms with Gasteiger partial charge in [0.05, 0.1) is 20.6 Å². The topological polar surface area (TPSA) is 105 Å². The molecule has 218 valence electrons. The zero-order chi connectivity index (χ0) is 29.7. The van der Waals surface area contributed by atoms with Gasteiger partial charge in [0.25, 0.3) is 10.0 Å². The number of hydrogen-bond acceptors (Lipinski definition) is 6. The van der Waals surface area contributed by atoms with E-state index in [4.69, 9.17) is 32.7 Å². The van der Waals surface area contributed by atoms with Gasteiger partial charge in [-0.05, 0) is 62.7 Å². The van der Waals surface area contributed by atoms with Crippen molar-refractivity contribution < 1.29 is 27.5 Å². The lowest BCUT2D eigenvalue weighted by atomic mass is 10.1. The Morgan fingerprint density at radius 2 is 1.59 bits per heavy atom. The Morgan fingerprint density at radius 3 is 2.24 bits per heavy atom. The summed E-state index contributed by atoms with van der Waals surface area (Å²) in [6, 6.07) is 16.3. The molecule has 2 amide bonds. The third kappa shape index (κ3) is 7.25. The minimum absolute atomic E-state index is 0.00400. The van der Waals surface area contributed by atoms with Crippen LogP contribution in [0.25, 0.3) is 0 Å². The van der Waals surface area contributed by atoms with E-state index in [9.17, 15) is 18.0 Å². The van der Waals surface area contributed by atoms with Gasteiger partial charge in [0.1, 0.15) is 25.8 Å². The standard InChI is InChI=1S/C29H31Cl2N3O6S/c1-19(2)32-29(36)20(3)33(17-21-9-11-24(30)25(31)15-21)28(35)18-34(41(37,38)23-7-5-4-6-8-23)22-10-12-26-27(16-22)40-14-13-39-26/h4-12,15-16,19-20H,13-14,17-18H2,1-3H3,(H,32,36). The largest absolute Gasteiger partial charge is 0.486 e. The summed E-state index contributed by atoms with van der Waals surface area (Å²) in [7, 11) is -4.21. The van der Waals surface area contributed by atoms with Gasteiger partial charge in [-0.3, -0.25) is 13.9 Å². The van der Waals surface area contributed by atoms with Crippen LogP contribution in [0.15, 0.2) is 71.6 Å². The zero-order valence-corrected chi connectivity index (χ0v) is 25.2. The number of rotatable bonds is 10. The monoisotopic (exact) mass is 619 g/mol. The Hall–Kier alpha value is -3.47. The predicted octanol–water partition coefficient (Wildman–Crippen LogP) is 4.90. The summed E-state index contributed by atoms with van der Waals surface area (Å²) < 4.78 is 40.1. The Labute approximate surface area is 250 Å². The lowest BCUT2D eigenvalue weighted by Gasteiger charge is -2.32. The van der Waals surface area contributed by atoms with Crippen molar-refractivity contribution in [2.45, 2.75) is 44.3 Å². The number of carbonyl (C=O) groups is 2. The van der Waals surface area contributed by atoms with E-state index in [1.165, 1.54) is 23.1 Å². The number of hydrogen-bond donors (Lipinski definition) is 1. The Bertz CT molecular complexity index is 1520. The molecule has 1 N–H and O–H groups in total. The van der Waals surface area contributed by atoms with E-state index in [0.29, 0.717) is 40.3 Å². The summed E-state index contributed by atoms with van der Waals surface area (Å²) >= 11 is 12.3. The Morgan fingerprint density at radius 1 is 0.902 bits per heavy atom. The first kappa shape index (κ1) is 30.5. The molecule has 4 rings (SSSR count). The van der Waals surface area contributed by atoms with Gasteiger partial charge in [-0.15, -0.1) is 0 Å². The van der Waals surface area contributed by atoms with E-state index in [1.807, 2.05) is 13.8 Å². The number of nitrogens with one attached hydrogen (secondary N) is 1. The second-order valence-corrected chi connectivity index (χ2v) is 12.4. The summed E-state index contributed by atoms with van der Waals surface area (Å²) in [6.07, 6.45) is 0. The first-order valence-electron chi connectivity index (χ1n) is 13.0. The molecule has 0 spiro atoms. The second kappa shape index (κ2) is 13.0. The number of anilines is 1. The van der Waals surface area contributed by atoms with Crippen LogP contribution in [0.5, 0.6) is 11.5 Å². The van der Waals surface area contributed by atoms with Crippen LogP contribution in [0.1, 0.15) is 26.3 Å². The number of sulfonamides is 1. The van der Waals surface area contributed by atoms with Crippen LogP contribution >= 0.6 is 23.2 Å². The number of amides is 2. The average molecular weight is 621 g/mol. The van der Waals surface area contributed by atoms with E-state index >= 15 is 0 Å². The molecule has 0 bridgehead atoms.